The van der Waals surface area contributed by atoms with Gasteiger partial charge >= 0.3 is 0 Å². The lowest BCUT2D eigenvalue weighted by molar-refractivity contribution is -0.132. The molecular formula is C23H33N5O5S. The first kappa shape index (κ1) is 25.9. The van der Waals surface area contributed by atoms with Crippen molar-refractivity contribution in [1.82, 2.24) is 19.7 Å². The van der Waals surface area contributed by atoms with Crippen LogP contribution in [0.25, 0.3) is 0 Å². The fourth-order valence-electron chi connectivity index (χ4n) is 3.63. The monoisotopic (exact) mass is 491 g/mol. The molecule has 0 spiro atoms. The molecule has 1 aliphatic heterocycles. The summed E-state index contributed by atoms with van der Waals surface area (Å²) in [6.45, 7) is 10.2. The SMILES string of the molecule is Cc1cc(NC(=O)CN2CCN(C(=O)CCNS(=O)(=O)c3ccc(C(C)(C)C)cc3)CC2)no1. The first-order valence-corrected chi connectivity index (χ1v) is 12.8. The molecule has 1 saturated heterocycles. The Morgan fingerprint density at radius 1 is 1.09 bits per heavy atom. The molecule has 0 bridgehead atoms. The Labute approximate surface area is 200 Å². The summed E-state index contributed by atoms with van der Waals surface area (Å²) in [6.07, 6.45) is 0.0747. The molecule has 2 heterocycles. The third-order valence-electron chi connectivity index (χ3n) is 5.65. The van der Waals surface area contributed by atoms with E-state index < -0.39 is 10.0 Å². The molecule has 1 aromatic heterocycles. The Morgan fingerprint density at radius 2 is 1.74 bits per heavy atom. The summed E-state index contributed by atoms with van der Waals surface area (Å²) in [4.78, 5) is 28.5. The number of benzene rings is 1. The van der Waals surface area contributed by atoms with E-state index in [1.807, 2.05) is 17.0 Å². The van der Waals surface area contributed by atoms with Gasteiger partial charge in [0.25, 0.3) is 0 Å². The molecule has 10 nitrogen and oxygen atoms in total. The van der Waals surface area contributed by atoms with E-state index >= 15 is 0 Å². The third-order valence-corrected chi connectivity index (χ3v) is 7.13. The molecule has 34 heavy (non-hydrogen) atoms. The van der Waals surface area contributed by atoms with Gasteiger partial charge in [-0.25, -0.2) is 13.1 Å². The van der Waals surface area contributed by atoms with Gasteiger partial charge in [-0.05, 0) is 30.0 Å². The van der Waals surface area contributed by atoms with Gasteiger partial charge in [-0.3, -0.25) is 14.5 Å². The number of nitrogens with one attached hydrogen (secondary N) is 2. The van der Waals surface area contributed by atoms with Gasteiger partial charge in [-0.15, -0.1) is 0 Å². The second-order valence-corrected chi connectivity index (χ2v) is 11.2. The number of carbonyl (C=O) groups excluding carboxylic acids is 2. The zero-order valence-electron chi connectivity index (χ0n) is 20.1. The number of hydrogen-bond donors (Lipinski definition) is 2. The Bertz CT molecular complexity index is 1100. The molecule has 0 unspecified atom stereocenters. The van der Waals surface area contributed by atoms with Gasteiger partial charge in [0.2, 0.25) is 21.8 Å². The summed E-state index contributed by atoms with van der Waals surface area (Å²) in [5, 5.41) is 6.41. The minimum atomic E-state index is -3.68. The molecule has 1 aromatic carbocycles. The van der Waals surface area contributed by atoms with Crippen molar-refractivity contribution in [2.45, 2.75) is 44.4 Å². The molecule has 2 N–H and O–H groups in total. The first-order chi connectivity index (χ1) is 15.9. The van der Waals surface area contributed by atoms with Gasteiger partial charge in [0.15, 0.2) is 5.82 Å². The topological polar surface area (TPSA) is 125 Å². The van der Waals surface area contributed by atoms with Crippen LogP contribution < -0.4 is 10.0 Å². The molecule has 11 heteroatoms. The number of nitrogens with zero attached hydrogens (tertiary/aromatic N) is 3. The van der Waals surface area contributed by atoms with Crippen LogP contribution in [-0.2, 0) is 25.0 Å². The summed E-state index contributed by atoms with van der Waals surface area (Å²) in [5.74, 6) is 0.679. The van der Waals surface area contributed by atoms with E-state index in [-0.39, 0.29) is 41.6 Å². The highest BCUT2D eigenvalue weighted by atomic mass is 32.2. The van der Waals surface area contributed by atoms with E-state index in [0.29, 0.717) is 37.8 Å². The molecule has 0 aliphatic carbocycles. The Kier molecular flexibility index (Phi) is 8.11. The largest absolute Gasteiger partial charge is 0.360 e. The van der Waals surface area contributed by atoms with Gasteiger partial charge in [0, 0.05) is 45.2 Å². The van der Waals surface area contributed by atoms with Crippen LogP contribution in [0.2, 0.25) is 0 Å². The molecule has 0 saturated carbocycles. The number of piperazine rings is 1. The lowest BCUT2D eigenvalue weighted by atomic mass is 9.87. The average Bonchev–Trinajstić information content (AvgIpc) is 3.17. The summed E-state index contributed by atoms with van der Waals surface area (Å²) >= 11 is 0. The predicted octanol–water partition coefficient (Wildman–Crippen LogP) is 1.73. The van der Waals surface area contributed by atoms with Crippen LogP contribution in [0.15, 0.2) is 39.8 Å². The van der Waals surface area contributed by atoms with Crippen molar-refractivity contribution >= 4 is 27.7 Å². The lowest BCUT2D eigenvalue weighted by Gasteiger charge is -2.34. The van der Waals surface area contributed by atoms with E-state index in [1.165, 1.54) is 0 Å². The second kappa shape index (κ2) is 10.7. The van der Waals surface area contributed by atoms with Gasteiger partial charge in [-0.2, -0.15) is 0 Å². The average molecular weight is 492 g/mol. The fourth-order valence-corrected chi connectivity index (χ4v) is 4.67. The Balaban J connectivity index is 1.39. The molecule has 2 amide bonds. The fraction of sp³-hybridized carbons (Fsp3) is 0.522. The maximum atomic E-state index is 12.5. The third kappa shape index (κ3) is 7.12. The predicted molar refractivity (Wildman–Crippen MR) is 128 cm³/mol. The number of rotatable bonds is 8. The van der Waals surface area contributed by atoms with Crippen LogP contribution in [0, 0.1) is 6.92 Å². The summed E-state index contributed by atoms with van der Waals surface area (Å²) < 4.78 is 32.5. The maximum absolute atomic E-state index is 12.5. The van der Waals surface area contributed by atoms with E-state index in [2.05, 4.69) is 36.0 Å². The van der Waals surface area contributed by atoms with E-state index in [4.69, 9.17) is 4.52 Å². The second-order valence-electron chi connectivity index (χ2n) is 9.45. The molecule has 186 valence electrons. The summed E-state index contributed by atoms with van der Waals surface area (Å²) in [7, 11) is -3.68. The normalized spacial score (nSPS) is 15.4. The Morgan fingerprint density at radius 3 is 2.29 bits per heavy atom. The Hall–Kier alpha value is -2.76. The van der Waals surface area contributed by atoms with E-state index in [0.717, 1.165) is 5.56 Å². The van der Waals surface area contributed by atoms with Crippen LogP contribution >= 0.6 is 0 Å². The molecule has 1 fully saturated rings. The number of hydrogen-bond acceptors (Lipinski definition) is 7. The smallest absolute Gasteiger partial charge is 0.240 e. The number of aryl methyl sites for hydroxylation is 1. The quantitative estimate of drug-likeness (QED) is 0.576. The van der Waals surface area contributed by atoms with Crippen molar-refractivity contribution in [2.24, 2.45) is 0 Å². The van der Waals surface area contributed by atoms with Crippen LogP contribution in [0.3, 0.4) is 0 Å². The zero-order chi connectivity index (χ0) is 24.9. The molecule has 3 rings (SSSR count). The zero-order valence-corrected chi connectivity index (χ0v) is 20.9. The van der Waals surface area contributed by atoms with Gasteiger partial charge in [-0.1, -0.05) is 38.1 Å². The van der Waals surface area contributed by atoms with E-state index in [9.17, 15) is 18.0 Å². The molecule has 1 aliphatic rings. The highest BCUT2D eigenvalue weighted by molar-refractivity contribution is 7.89. The van der Waals surface area contributed by atoms with Crippen molar-refractivity contribution in [2.75, 3.05) is 44.6 Å². The summed E-state index contributed by atoms with van der Waals surface area (Å²) in [5.41, 5.74) is 0.984. The van der Waals surface area contributed by atoms with Crippen LogP contribution in [0.1, 0.15) is 38.5 Å². The minimum absolute atomic E-state index is 0.0297. The van der Waals surface area contributed by atoms with Crippen molar-refractivity contribution in [3.63, 3.8) is 0 Å². The van der Waals surface area contributed by atoms with Crippen molar-refractivity contribution < 1.29 is 22.5 Å². The number of sulfonamides is 1. The van der Waals surface area contributed by atoms with Crippen LogP contribution in [-0.4, -0.2) is 74.5 Å². The molecular weight excluding hydrogens is 458 g/mol. The highest BCUT2D eigenvalue weighted by Gasteiger charge is 2.23. The molecule has 2 aromatic rings. The van der Waals surface area contributed by atoms with E-state index in [1.54, 1.807) is 30.0 Å². The lowest BCUT2D eigenvalue weighted by Crippen LogP contribution is -2.50. The number of aromatic nitrogens is 1. The standard InChI is InChI=1S/C23H33N5O5S/c1-17-15-20(26-33-17)25-21(29)16-27-11-13-28(14-12-27)22(30)9-10-24-34(31,32)19-7-5-18(6-8-19)23(2,3)4/h5-8,15,24H,9-14,16H2,1-4H3,(H,25,26,29). The summed E-state index contributed by atoms with van der Waals surface area (Å²) in [6, 6.07) is 8.44. The number of anilines is 1. The van der Waals surface area contributed by atoms with Crippen molar-refractivity contribution in [3.8, 4) is 0 Å². The highest BCUT2D eigenvalue weighted by Crippen LogP contribution is 2.23. The van der Waals surface area contributed by atoms with Crippen LogP contribution in [0.5, 0.6) is 0 Å². The molecule has 0 atom stereocenters. The van der Waals surface area contributed by atoms with Crippen molar-refractivity contribution in [3.05, 3.63) is 41.7 Å². The van der Waals surface area contributed by atoms with Crippen molar-refractivity contribution in [1.29, 1.82) is 0 Å². The molecule has 0 radical (unpaired) electrons. The first-order valence-electron chi connectivity index (χ1n) is 11.3. The number of carbonyl (C=O) groups is 2. The van der Waals surface area contributed by atoms with Gasteiger partial charge in [0.05, 0.1) is 11.4 Å². The van der Waals surface area contributed by atoms with Gasteiger partial charge in [0.1, 0.15) is 5.76 Å². The number of amides is 2. The minimum Gasteiger partial charge on any atom is -0.360 e. The van der Waals surface area contributed by atoms with Crippen LogP contribution in [0.4, 0.5) is 5.82 Å². The maximum Gasteiger partial charge on any atom is 0.240 e. The van der Waals surface area contributed by atoms with Gasteiger partial charge < -0.3 is 14.7 Å².